The van der Waals surface area contributed by atoms with Crippen LogP contribution in [0.1, 0.15) is 12.8 Å². The maximum Gasteiger partial charge on any atom is 0.112 e. The minimum absolute atomic E-state index is 0.0957. The molecule has 1 aliphatic rings. The number of aliphatic hydroxyl groups is 1. The molecule has 2 aromatic rings. The van der Waals surface area contributed by atoms with Gasteiger partial charge in [0.15, 0.2) is 0 Å². The number of hydrogen-bond acceptors (Lipinski definition) is 4. The molecule has 1 N–H and O–H groups in total. The first-order valence-electron chi connectivity index (χ1n) is 6.43. The molecule has 1 saturated carbocycles. The molecule has 0 bridgehead atoms. The van der Waals surface area contributed by atoms with E-state index in [4.69, 9.17) is 0 Å². The smallest absolute Gasteiger partial charge is 0.112 e. The fourth-order valence-corrected chi connectivity index (χ4v) is 2.95. The molecule has 0 saturated heterocycles. The minimum Gasteiger partial charge on any atom is -0.393 e. The number of pyridine rings is 2. The van der Waals surface area contributed by atoms with Gasteiger partial charge in [0.1, 0.15) is 5.52 Å². The third-order valence-electron chi connectivity index (χ3n) is 3.68. The van der Waals surface area contributed by atoms with E-state index in [0.717, 1.165) is 40.6 Å². The molecular formula is C14H16BrN3O. The van der Waals surface area contributed by atoms with Crippen molar-refractivity contribution < 1.29 is 5.11 Å². The number of nitrogens with zero attached hydrogens (tertiary/aromatic N) is 3. The van der Waals surface area contributed by atoms with Crippen LogP contribution >= 0.6 is 15.9 Å². The lowest BCUT2D eigenvalue weighted by molar-refractivity contribution is 0.0465. The van der Waals surface area contributed by atoms with Gasteiger partial charge in [-0.15, -0.1) is 0 Å². The molecule has 1 fully saturated rings. The van der Waals surface area contributed by atoms with Crippen LogP contribution in [0.25, 0.3) is 11.0 Å². The minimum atomic E-state index is -0.0957. The number of hydrogen-bond donors (Lipinski definition) is 1. The molecule has 100 valence electrons. The average Bonchev–Trinajstić information content (AvgIpc) is 2.35. The van der Waals surface area contributed by atoms with E-state index < -0.39 is 0 Å². The second-order valence-corrected chi connectivity index (χ2v) is 6.14. The quantitative estimate of drug-likeness (QED) is 0.944. The van der Waals surface area contributed by atoms with Crippen molar-refractivity contribution in [1.29, 1.82) is 0 Å². The predicted molar refractivity (Wildman–Crippen MR) is 79.2 cm³/mol. The number of halogens is 1. The van der Waals surface area contributed by atoms with Crippen LogP contribution in [0.5, 0.6) is 0 Å². The summed E-state index contributed by atoms with van der Waals surface area (Å²) in [5.41, 5.74) is 2.92. The molecule has 19 heavy (non-hydrogen) atoms. The molecule has 3 rings (SSSR count). The first-order chi connectivity index (χ1) is 9.13. The van der Waals surface area contributed by atoms with E-state index >= 15 is 0 Å². The van der Waals surface area contributed by atoms with Gasteiger partial charge in [-0.3, -0.25) is 9.97 Å². The highest BCUT2D eigenvalue weighted by molar-refractivity contribution is 9.10. The zero-order valence-corrected chi connectivity index (χ0v) is 12.3. The molecule has 0 aliphatic heterocycles. The Hall–Kier alpha value is -1.20. The summed E-state index contributed by atoms with van der Waals surface area (Å²) in [6.07, 6.45) is 5.34. The summed E-state index contributed by atoms with van der Waals surface area (Å²) < 4.78 is 0.939. The highest BCUT2D eigenvalue weighted by Crippen LogP contribution is 2.31. The van der Waals surface area contributed by atoms with E-state index in [2.05, 4.69) is 37.8 Å². The zero-order valence-electron chi connectivity index (χ0n) is 10.8. The van der Waals surface area contributed by atoms with E-state index in [1.165, 1.54) is 0 Å². The Kier molecular flexibility index (Phi) is 3.41. The highest BCUT2D eigenvalue weighted by atomic mass is 79.9. The van der Waals surface area contributed by atoms with E-state index in [1.807, 2.05) is 18.3 Å². The molecule has 0 unspecified atom stereocenters. The molecule has 5 heteroatoms. The summed E-state index contributed by atoms with van der Waals surface area (Å²) in [6.45, 7) is 0.952. The number of aromatic nitrogens is 2. The van der Waals surface area contributed by atoms with Crippen molar-refractivity contribution in [2.45, 2.75) is 18.9 Å². The lowest BCUT2D eigenvalue weighted by atomic mass is 9.82. The first kappa shape index (κ1) is 12.8. The Balaban J connectivity index is 1.87. The molecule has 4 nitrogen and oxygen atoms in total. The van der Waals surface area contributed by atoms with Crippen LogP contribution in [0.15, 0.2) is 29.0 Å². The van der Waals surface area contributed by atoms with Crippen LogP contribution in [-0.2, 0) is 0 Å². The van der Waals surface area contributed by atoms with Crippen LogP contribution in [-0.4, -0.2) is 34.8 Å². The molecule has 2 aromatic heterocycles. The van der Waals surface area contributed by atoms with Crippen molar-refractivity contribution in [1.82, 2.24) is 9.97 Å². The van der Waals surface area contributed by atoms with Crippen LogP contribution in [0, 0.1) is 5.92 Å². The predicted octanol–water partition coefficient (Wildman–Crippen LogP) is 2.60. The van der Waals surface area contributed by atoms with Crippen LogP contribution < -0.4 is 4.90 Å². The van der Waals surface area contributed by atoms with Gasteiger partial charge in [-0.25, -0.2) is 0 Å². The summed E-state index contributed by atoms with van der Waals surface area (Å²) in [4.78, 5) is 11.0. The fraction of sp³-hybridized carbons (Fsp3) is 0.429. The topological polar surface area (TPSA) is 49.2 Å². The molecule has 0 amide bonds. The van der Waals surface area contributed by atoms with Crippen molar-refractivity contribution in [2.75, 3.05) is 18.5 Å². The zero-order chi connectivity index (χ0) is 13.4. The molecule has 0 atom stereocenters. The van der Waals surface area contributed by atoms with E-state index in [-0.39, 0.29) is 6.10 Å². The SMILES string of the molecule is CN(CC1CC(O)C1)c1ccnc2cc(Br)cnc12. The lowest BCUT2D eigenvalue weighted by Crippen LogP contribution is -2.37. The van der Waals surface area contributed by atoms with Gasteiger partial charge in [0.05, 0.1) is 17.3 Å². The molecule has 1 aliphatic carbocycles. The second-order valence-electron chi connectivity index (χ2n) is 5.22. The van der Waals surface area contributed by atoms with Crippen LogP contribution in [0.3, 0.4) is 0 Å². The highest BCUT2D eigenvalue weighted by Gasteiger charge is 2.28. The van der Waals surface area contributed by atoms with Gasteiger partial charge in [0.2, 0.25) is 0 Å². The first-order valence-corrected chi connectivity index (χ1v) is 7.22. The van der Waals surface area contributed by atoms with Gasteiger partial charge in [0, 0.05) is 30.5 Å². The van der Waals surface area contributed by atoms with E-state index in [1.54, 1.807) is 6.20 Å². The van der Waals surface area contributed by atoms with Crippen LogP contribution in [0.2, 0.25) is 0 Å². The maximum atomic E-state index is 9.36. The van der Waals surface area contributed by atoms with E-state index in [0.29, 0.717) is 5.92 Å². The second kappa shape index (κ2) is 5.06. The number of fused-ring (bicyclic) bond motifs is 1. The van der Waals surface area contributed by atoms with Crippen molar-refractivity contribution >= 4 is 32.7 Å². The summed E-state index contributed by atoms with van der Waals surface area (Å²) in [7, 11) is 2.07. The monoisotopic (exact) mass is 321 g/mol. The van der Waals surface area contributed by atoms with Gasteiger partial charge in [0.25, 0.3) is 0 Å². The molecular weight excluding hydrogens is 306 g/mol. The van der Waals surface area contributed by atoms with Gasteiger partial charge in [-0.05, 0) is 46.8 Å². The van der Waals surface area contributed by atoms with Crippen molar-refractivity contribution in [3.8, 4) is 0 Å². The standard InChI is InChI=1S/C14H16BrN3O/c1-18(8-9-4-11(19)5-9)13-2-3-16-12-6-10(15)7-17-14(12)13/h2-3,6-7,9,11,19H,4-5,8H2,1H3. The molecule has 0 aromatic carbocycles. The molecule has 2 heterocycles. The fourth-order valence-electron chi connectivity index (χ4n) is 2.63. The summed E-state index contributed by atoms with van der Waals surface area (Å²) in [5, 5.41) is 9.36. The normalized spacial score (nSPS) is 22.3. The molecule has 0 spiro atoms. The Morgan fingerprint density at radius 1 is 1.42 bits per heavy atom. The van der Waals surface area contributed by atoms with E-state index in [9.17, 15) is 5.11 Å². The third kappa shape index (κ3) is 2.58. The number of anilines is 1. The summed E-state index contributed by atoms with van der Waals surface area (Å²) in [5.74, 6) is 0.582. The lowest BCUT2D eigenvalue weighted by Gasteiger charge is -2.35. The van der Waals surface area contributed by atoms with Crippen molar-refractivity contribution in [3.63, 3.8) is 0 Å². The molecule has 0 radical (unpaired) electrons. The largest absolute Gasteiger partial charge is 0.393 e. The summed E-state index contributed by atoms with van der Waals surface area (Å²) in [6, 6.07) is 3.98. The van der Waals surface area contributed by atoms with Gasteiger partial charge < -0.3 is 10.0 Å². The van der Waals surface area contributed by atoms with Gasteiger partial charge in [-0.2, -0.15) is 0 Å². The Morgan fingerprint density at radius 3 is 2.95 bits per heavy atom. The van der Waals surface area contributed by atoms with Crippen molar-refractivity contribution in [3.05, 3.63) is 29.0 Å². The Labute approximate surface area is 120 Å². The van der Waals surface area contributed by atoms with Gasteiger partial charge >= 0.3 is 0 Å². The number of rotatable bonds is 3. The number of aliphatic hydroxyl groups excluding tert-OH is 1. The maximum absolute atomic E-state index is 9.36. The average molecular weight is 322 g/mol. The van der Waals surface area contributed by atoms with Crippen molar-refractivity contribution in [2.24, 2.45) is 5.92 Å². The Bertz CT molecular complexity index is 598. The summed E-state index contributed by atoms with van der Waals surface area (Å²) >= 11 is 3.42. The Morgan fingerprint density at radius 2 is 2.21 bits per heavy atom. The third-order valence-corrected chi connectivity index (χ3v) is 4.11. The van der Waals surface area contributed by atoms with Gasteiger partial charge in [-0.1, -0.05) is 0 Å². The van der Waals surface area contributed by atoms with Crippen LogP contribution in [0.4, 0.5) is 5.69 Å².